The van der Waals surface area contributed by atoms with Gasteiger partial charge < -0.3 is 5.32 Å². The third-order valence-corrected chi connectivity index (χ3v) is 2.49. The Balaban J connectivity index is 2.90. The maximum absolute atomic E-state index is 9.00. The highest BCUT2D eigenvalue weighted by atomic mass is 79.9. The van der Waals surface area contributed by atoms with E-state index in [2.05, 4.69) is 38.9 Å². The normalized spacial score (nSPS) is 10.1. The monoisotopic (exact) mass is 277 g/mol. The number of aliphatic imine (C=N–C) groups is 1. The second kappa shape index (κ2) is 6.09. The van der Waals surface area contributed by atoms with E-state index in [1.807, 2.05) is 25.1 Å². The summed E-state index contributed by atoms with van der Waals surface area (Å²) in [7, 11) is 0. The second-order valence-electron chi connectivity index (χ2n) is 3.07. The van der Waals surface area contributed by atoms with Gasteiger partial charge in [-0.2, -0.15) is 5.26 Å². The number of nitrogens with one attached hydrogen (secondary N) is 1. The van der Waals surface area contributed by atoms with Crippen LogP contribution in [0.2, 0.25) is 0 Å². The minimum absolute atomic E-state index is 0.524. The number of hydrogen-bond donors (Lipinski definition) is 1. The van der Waals surface area contributed by atoms with Crippen LogP contribution in [-0.4, -0.2) is 6.21 Å². The zero-order valence-corrected chi connectivity index (χ0v) is 10.6. The largest absolute Gasteiger partial charge is 0.340 e. The summed E-state index contributed by atoms with van der Waals surface area (Å²) in [6, 6.07) is 7.61. The van der Waals surface area contributed by atoms with Gasteiger partial charge in [0.25, 0.3) is 0 Å². The summed E-state index contributed by atoms with van der Waals surface area (Å²) in [6.07, 6.45) is 2.61. The van der Waals surface area contributed by atoms with Crippen molar-refractivity contribution in [3.8, 4) is 6.07 Å². The fourth-order valence-corrected chi connectivity index (χ4v) is 1.59. The highest BCUT2D eigenvalue weighted by Gasteiger charge is 2.05. The molecule has 0 unspecified atom stereocenters. The molecule has 0 aromatic heterocycles. The first-order valence-electron chi connectivity index (χ1n) is 4.86. The van der Waals surface area contributed by atoms with E-state index in [4.69, 9.17) is 5.26 Å². The molecule has 1 N–H and O–H groups in total. The van der Waals surface area contributed by atoms with Crippen LogP contribution in [0, 0.1) is 11.3 Å². The van der Waals surface area contributed by atoms with Gasteiger partial charge in [0.15, 0.2) is 0 Å². The van der Waals surface area contributed by atoms with Crippen LogP contribution in [0.5, 0.6) is 0 Å². The second-order valence-corrected chi connectivity index (χ2v) is 3.92. The third kappa shape index (κ3) is 3.21. The SMILES string of the molecule is C=C(/N=C\CC)Nc1cccc(Br)c1C#N. The Morgan fingerprint density at radius 3 is 3.06 bits per heavy atom. The minimum Gasteiger partial charge on any atom is -0.340 e. The summed E-state index contributed by atoms with van der Waals surface area (Å²) in [5.41, 5.74) is 1.26. The Bertz CT molecular complexity index is 458. The lowest BCUT2D eigenvalue weighted by Crippen LogP contribution is -1.98. The summed E-state index contributed by atoms with van der Waals surface area (Å²) in [6.45, 7) is 5.76. The van der Waals surface area contributed by atoms with Crippen LogP contribution in [0.1, 0.15) is 18.9 Å². The van der Waals surface area contributed by atoms with Crippen LogP contribution in [0.3, 0.4) is 0 Å². The first-order chi connectivity index (χ1) is 7.69. The molecule has 0 aliphatic heterocycles. The van der Waals surface area contributed by atoms with Gasteiger partial charge in [0.05, 0.1) is 11.3 Å². The molecule has 0 atom stereocenters. The Morgan fingerprint density at radius 1 is 1.69 bits per heavy atom. The van der Waals surface area contributed by atoms with Crippen molar-refractivity contribution in [1.82, 2.24) is 0 Å². The van der Waals surface area contributed by atoms with Gasteiger partial charge in [-0.1, -0.05) is 19.6 Å². The molecule has 0 spiro atoms. The van der Waals surface area contributed by atoms with Crippen molar-refractivity contribution in [3.63, 3.8) is 0 Å². The van der Waals surface area contributed by atoms with E-state index in [0.717, 1.165) is 10.9 Å². The summed E-state index contributed by atoms with van der Waals surface area (Å²) in [5.74, 6) is 0.524. The Hall–Kier alpha value is -1.60. The number of nitrogens with zero attached hydrogens (tertiary/aromatic N) is 2. The van der Waals surface area contributed by atoms with E-state index >= 15 is 0 Å². The van der Waals surface area contributed by atoms with Crippen LogP contribution < -0.4 is 5.32 Å². The molecular formula is C12H12BrN3. The van der Waals surface area contributed by atoms with Gasteiger partial charge in [-0.3, -0.25) is 0 Å². The van der Waals surface area contributed by atoms with Gasteiger partial charge in [0, 0.05) is 10.7 Å². The molecule has 0 radical (unpaired) electrons. The predicted octanol–water partition coefficient (Wildman–Crippen LogP) is 3.68. The van der Waals surface area contributed by atoms with Crippen LogP contribution in [-0.2, 0) is 0 Å². The van der Waals surface area contributed by atoms with Gasteiger partial charge in [-0.05, 0) is 34.5 Å². The van der Waals surface area contributed by atoms with Crippen LogP contribution in [0.15, 0.2) is 40.1 Å². The first kappa shape index (κ1) is 12.5. The molecule has 0 saturated heterocycles. The maximum Gasteiger partial charge on any atom is 0.122 e. The van der Waals surface area contributed by atoms with Crippen molar-refractivity contribution in [1.29, 1.82) is 5.26 Å². The fraction of sp³-hybridized carbons (Fsp3) is 0.167. The molecule has 1 rings (SSSR count). The number of nitriles is 1. The number of rotatable bonds is 4. The van der Waals surface area contributed by atoms with Gasteiger partial charge in [0.1, 0.15) is 11.9 Å². The van der Waals surface area contributed by atoms with E-state index in [-0.39, 0.29) is 0 Å². The fourth-order valence-electron chi connectivity index (χ4n) is 1.13. The molecule has 0 heterocycles. The topological polar surface area (TPSA) is 48.2 Å². The molecule has 1 aromatic rings. The van der Waals surface area contributed by atoms with Gasteiger partial charge in [-0.15, -0.1) is 0 Å². The van der Waals surface area contributed by atoms with Crippen LogP contribution >= 0.6 is 15.9 Å². The summed E-state index contributed by atoms with van der Waals surface area (Å²) in [4.78, 5) is 4.09. The Kier molecular flexibility index (Phi) is 4.74. The van der Waals surface area contributed by atoms with Gasteiger partial charge >= 0.3 is 0 Å². The number of hydrogen-bond acceptors (Lipinski definition) is 3. The molecule has 16 heavy (non-hydrogen) atoms. The van der Waals surface area contributed by atoms with Crippen molar-refractivity contribution < 1.29 is 0 Å². The highest BCUT2D eigenvalue weighted by molar-refractivity contribution is 9.10. The zero-order chi connectivity index (χ0) is 12.0. The quantitative estimate of drug-likeness (QED) is 0.854. The van der Waals surface area contributed by atoms with Gasteiger partial charge in [-0.25, -0.2) is 4.99 Å². The number of anilines is 1. The Labute approximate surface area is 104 Å². The standard InChI is InChI=1S/C12H12BrN3/c1-3-7-15-9(2)16-12-6-4-5-11(13)10(12)8-14/h4-7,16H,2-3H2,1H3/b15-7-. The van der Waals surface area contributed by atoms with Crippen LogP contribution in [0.25, 0.3) is 0 Å². The highest BCUT2D eigenvalue weighted by Crippen LogP contribution is 2.24. The number of halogens is 1. The van der Waals surface area contributed by atoms with E-state index in [1.165, 1.54) is 0 Å². The third-order valence-electron chi connectivity index (χ3n) is 1.83. The van der Waals surface area contributed by atoms with Crippen molar-refractivity contribution in [3.05, 3.63) is 40.6 Å². The van der Waals surface area contributed by atoms with E-state index in [9.17, 15) is 0 Å². The number of benzene rings is 1. The molecule has 82 valence electrons. The van der Waals surface area contributed by atoms with E-state index in [0.29, 0.717) is 17.1 Å². The zero-order valence-electron chi connectivity index (χ0n) is 9.00. The lowest BCUT2D eigenvalue weighted by molar-refractivity contribution is 1.26. The molecule has 1 aromatic carbocycles. The van der Waals surface area contributed by atoms with Crippen LogP contribution in [0.4, 0.5) is 5.69 Å². The molecule has 0 saturated carbocycles. The van der Waals surface area contributed by atoms with E-state index in [1.54, 1.807) is 6.21 Å². The lowest BCUT2D eigenvalue weighted by atomic mass is 10.2. The smallest absolute Gasteiger partial charge is 0.122 e. The summed E-state index contributed by atoms with van der Waals surface area (Å²) < 4.78 is 0.757. The molecule has 0 aliphatic rings. The molecule has 0 aliphatic carbocycles. The maximum atomic E-state index is 9.00. The predicted molar refractivity (Wildman–Crippen MR) is 70.4 cm³/mol. The van der Waals surface area contributed by atoms with Crippen molar-refractivity contribution >= 4 is 27.8 Å². The molecule has 3 nitrogen and oxygen atoms in total. The van der Waals surface area contributed by atoms with Crippen molar-refractivity contribution in [2.75, 3.05) is 5.32 Å². The average Bonchev–Trinajstić information content (AvgIpc) is 2.27. The molecule has 0 bridgehead atoms. The molecule has 0 amide bonds. The Morgan fingerprint density at radius 2 is 2.44 bits per heavy atom. The summed E-state index contributed by atoms with van der Waals surface area (Å²) >= 11 is 3.32. The summed E-state index contributed by atoms with van der Waals surface area (Å²) in [5, 5.41) is 12.0. The van der Waals surface area contributed by atoms with Crippen molar-refractivity contribution in [2.45, 2.75) is 13.3 Å². The van der Waals surface area contributed by atoms with E-state index < -0.39 is 0 Å². The van der Waals surface area contributed by atoms with Gasteiger partial charge in [0.2, 0.25) is 0 Å². The molecule has 0 fully saturated rings. The minimum atomic E-state index is 0.524. The first-order valence-corrected chi connectivity index (χ1v) is 5.65. The lowest BCUT2D eigenvalue weighted by Gasteiger charge is -2.08. The molecular weight excluding hydrogens is 266 g/mol. The average molecular weight is 278 g/mol. The van der Waals surface area contributed by atoms with Crippen molar-refractivity contribution in [2.24, 2.45) is 4.99 Å². The molecule has 4 heteroatoms.